The van der Waals surface area contributed by atoms with Gasteiger partial charge in [-0.2, -0.15) is 0 Å². The third-order valence-corrected chi connectivity index (χ3v) is 7.68. The van der Waals surface area contributed by atoms with Crippen LogP contribution in [0, 0.1) is 0 Å². The number of halogens is 1. The summed E-state index contributed by atoms with van der Waals surface area (Å²) in [5, 5.41) is 7.64. The molecule has 1 saturated carbocycles. The lowest BCUT2D eigenvalue weighted by molar-refractivity contribution is -0.141. The molecule has 0 radical (unpaired) electrons. The maximum atomic E-state index is 13.6. The fraction of sp³-hybridized carbons (Fsp3) is 0.333. The number of hydrogen-bond acceptors (Lipinski definition) is 4. The van der Waals surface area contributed by atoms with E-state index in [1.165, 1.54) is 0 Å². The highest BCUT2D eigenvalue weighted by Gasteiger charge is 2.34. The lowest BCUT2D eigenvalue weighted by Crippen LogP contribution is -2.46. The van der Waals surface area contributed by atoms with Gasteiger partial charge in [0.25, 0.3) is 0 Å². The van der Waals surface area contributed by atoms with Crippen LogP contribution in [-0.4, -0.2) is 22.8 Å². The van der Waals surface area contributed by atoms with Gasteiger partial charge in [-0.15, -0.1) is 22.7 Å². The summed E-state index contributed by atoms with van der Waals surface area (Å²) in [4.78, 5) is 30.8. The molecule has 1 aliphatic rings. The maximum Gasteiger partial charge on any atom is 0.247 e. The van der Waals surface area contributed by atoms with Gasteiger partial charge in [0.2, 0.25) is 11.8 Å². The zero-order valence-corrected chi connectivity index (χ0v) is 19.5. The molecule has 1 fully saturated rings. The number of carbonyl (C=O) groups is 2. The van der Waals surface area contributed by atoms with Crippen molar-refractivity contribution in [3.8, 4) is 0 Å². The molecule has 0 bridgehead atoms. The van der Waals surface area contributed by atoms with Crippen LogP contribution in [0.2, 0.25) is 5.02 Å². The average molecular weight is 473 g/mol. The largest absolute Gasteiger partial charge is 0.351 e. The lowest BCUT2D eigenvalue weighted by atomic mass is 10.0. The average Bonchev–Trinajstić information content (AvgIpc) is 3.53. The topological polar surface area (TPSA) is 49.4 Å². The Balaban J connectivity index is 1.69. The Morgan fingerprint density at radius 2 is 1.68 bits per heavy atom. The van der Waals surface area contributed by atoms with Crippen LogP contribution in [0.3, 0.4) is 0 Å². The summed E-state index contributed by atoms with van der Waals surface area (Å²) in [6.45, 7) is 0.371. The SMILES string of the molecule is O=C(NC1CCCC1)C(c1ccccc1Cl)N(Cc1cccs1)C(=O)Cc1cccs1. The third kappa shape index (κ3) is 5.56. The first-order valence-electron chi connectivity index (χ1n) is 10.5. The van der Waals surface area contributed by atoms with Crippen LogP contribution in [-0.2, 0) is 22.6 Å². The molecular weight excluding hydrogens is 448 g/mol. The van der Waals surface area contributed by atoms with Crippen molar-refractivity contribution in [1.82, 2.24) is 10.2 Å². The molecule has 2 aromatic heterocycles. The minimum atomic E-state index is -0.774. The van der Waals surface area contributed by atoms with Crippen LogP contribution in [0.25, 0.3) is 0 Å². The van der Waals surface area contributed by atoms with E-state index < -0.39 is 6.04 Å². The molecule has 2 amide bonds. The monoisotopic (exact) mass is 472 g/mol. The number of nitrogens with one attached hydrogen (secondary N) is 1. The number of thiophene rings is 2. The Kier molecular flexibility index (Phi) is 7.43. The maximum absolute atomic E-state index is 13.6. The van der Waals surface area contributed by atoms with Crippen LogP contribution < -0.4 is 5.32 Å². The van der Waals surface area contributed by atoms with Crippen LogP contribution in [0.5, 0.6) is 0 Å². The fourth-order valence-electron chi connectivity index (χ4n) is 4.06. The van der Waals surface area contributed by atoms with Gasteiger partial charge in [0.15, 0.2) is 0 Å². The van der Waals surface area contributed by atoms with Gasteiger partial charge in [-0.3, -0.25) is 9.59 Å². The third-order valence-electron chi connectivity index (χ3n) is 5.59. The van der Waals surface area contributed by atoms with E-state index in [9.17, 15) is 9.59 Å². The first-order valence-corrected chi connectivity index (χ1v) is 12.6. The van der Waals surface area contributed by atoms with E-state index in [0.717, 1.165) is 35.4 Å². The van der Waals surface area contributed by atoms with Gasteiger partial charge < -0.3 is 10.2 Å². The van der Waals surface area contributed by atoms with Crippen molar-refractivity contribution in [2.45, 2.75) is 50.7 Å². The molecule has 4 nitrogen and oxygen atoms in total. The number of amides is 2. The summed E-state index contributed by atoms with van der Waals surface area (Å²) < 4.78 is 0. The second-order valence-electron chi connectivity index (χ2n) is 7.77. The Morgan fingerprint density at radius 1 is 1.00 bits per heavy atom. The summed E-state index contributed by atoms with van der Waals surface area (Å²) in [6.07, 6.45) is 4.47. The molecule has 3 aromatic rings. The predicted octanol–water partition coefficient (Wildman–Crippen LogP) is 5.83. The highest BCUT2D eigenvalue weighted by atomic mass is 35.5. The van der Waals surface area contributed by atoms with Crippen molar-refractivity contribution >= 4 is 46.1 Å². The van der Waals surface area contributed by atoms with E-state index in [4.69, 9.17) is 11.6 Å². The standard InChI is InChI=1S/C24H25ClN2O2S2/c25-21-12-4-3-11-20(21)23(24(29)26-17-7-1-2-8-17)27(16-19-10-6-14-31-19)22(28)15-18-9-5-13-30-18/h3-6,9-14,17,23H,1-2,7-8,15-16H2,(H,26,29). The Morgan fingerprint density at radius 3 is 2.32 bits per heavy atom. The molecule has 0 aliphatic heterocycles. The second kappa shape index (κ2) is 10.4. The minimum absolute atomic E-state index is 0.0812. The Labute approximate surface area is 195 Å². The normalized spacial score (nSPS) is 15.0. The second-order valence-corrected chi connectivity index (χ2v) is 10.2. The Hall–Kier alpha value is -2.15. The lowest BCUT2D eigenvalue weighted by Gasteiger charge is -2.32. The number of benzene rings is 1. The van der Waals surface area contributed by atoms with Gasteiger partial charge in [0, 0.05) is 26.4 Å². The number of carbonyl (C=O) groups excluding carboxylic acids is 2. The molecule has 1 atom stereocenters. The predicted molar refractivity (Wildman–Crippen MR) is 127 cm³/mol. The fourth-order valence-corrected chi connectivity index (χ4v) is 5.69. The van der Waals surface area contributed by atoms with E-state index in [2.05, 4.69) is 5.32 Å². The van der Waals surface area contributed by atoms with E-state index in [1.54, 1.807) is 33.6 Å². The summed E-state index contributed by atoms with van der Waals surface area (Å²) in [5.41, 5.74) is 0.663. The van der Waals surface area contributed by atoms with Gasteiger partial charge >= 0.3 is 0 Å². The molecule has 1 aromatic carbocycles. The number of nitrogens with zero attached hydrogens (tertiary/aromatic N) is 1. The van der Waals surface area contributed by atoms with E-state index in [0.29, 0.717) is 17.1 Å². The molecule has 1 N–H and O–H groups in total. The van der Waals surface area contributed by atoms with Crippen molar-refractivity contribution in [3.05, 3.63) is 79.6 Å². The summed E-state index contributed by atoms with van der Waals surface area (Å²) in [5.74, 6) is -0.238. The highest BCUT2D eigenvalue weighted by Crippen LogP contribution is 2.32. The summed E-state index contributed by atoms with van der Waals surface area (Å²) in [6, 6.07) is 14.6. The molecular formula is C24H25ClN2O2S2. The molecule has 162 valence electrons. The molecule has 31 heavy (non-hydrogen) atoms. The van der Waals surface area contributed by atoms with Crippen LogP contribution in [0.15, 0.2) is 59.3 Å². The summed E-state index contributed by atoms with van der Waals surface area (Å²) in [7, 11) is 0. The van der Waals surface area contributed by atoms with Crippen molar-refractivity contribution in [2.75, 3.05) is 0 Å². The smallest absolute Gasteiger partial charge is 0.247 e. The van der Waals surface area contributed by atoms with Crippen LogP contribution in [0.4, 0.5) is 0 Å². The molecule has 1 unspecified atom stereocenters. The van der Waals surface area contributed by atoms with E-state index >= 15 is 0 Å². The summed E-state index contributed by atoms with van der Waals surface area (Å²) >= 11 is 9.67. The molecule has 2 heterocycles. The molecule has 1 aliphatic carbocycles. The number of rotatable bonds is 8. The van der Waals surface area contributed by atoms with Crippen LogP contribution in [0.1, 0.15) is 47.0 Å². The first kappa shape index (κ1) is 22.1. The van der Waals surface area contributed by atoms with E-state index in [1.807, 2.05) is 53.2 Å². The van der Waals surface area contributed by atoms with Gasteiger partial charge in [-0.25, -0.2) is 0 Å². The van der Waals surface area contributed by atoms with Crippen molar-refractivity contribution in [2.24, 2.45) is 0 Å². The highest BCUT2D eigenvalue weighted by molar-refractivity contribution is 7.10. The molecule has 7 heteroatoms. The van der Waals surface area contributed by atoms with Crippen molar-refractivity contribution in [1.29, 1.82) is 0 Å². The van der Waals surface area contributed by atoms with Gasteiger partial charge in [-0.05, 0) is 41.8 Å². The molecule has 4 rings (SSSR count). The van der Waals surface area contributed by atoms with Gasteiger partial charge in [0.1, 0.15) is 6.04 Å². The van der Waals surface area contributed by atoms with Gasteiger partial charge in [-0.1, -0.05) is 54.8 Å². The van der Waals surface area contributed by atoms with Crippen molar-refractivity contribution in [3.63, 3.8) is 0 Å². The molecule has 0 saturated heterocycles. The quantitative estimate of drug-likeness (QED) is 0.448. The zero-order valence-electron chi connectivity index (χ0n) is 17.1. The van der Waals surface area contributed by atoms with Crippen LogP contribution >= 0.6 is 34.3 Å². The van der Waals surface area contributed by atoms with Gasteiger partial charge in [0.05, 0.1) is 13.0 Å². The van der Waals surface area contributed by atoms with Crippen molar-refractivity contribution < 1.29 is 9.59 Å². The van der Waals surface area contributed by atoms with E-state index in [-0.39, 0.29) is 24.3 Å². The number of hydrogen-bond donors (Lipinski definition) is 1. The molecule has 0 spiro atoms. The minimum Gasteiger partial charge on any atom is -0.351 e. The zero-order chi connectivity index (χ0) is 21.6. The Bertz CT molecular complexity index is 999. The first-order chi connectivity index (χ1) is 15.1.